The molecule has 1 aromatic heterocycles. The van der Waals surface area contributed by atoms with E-state index in [9.17, 15) is 15.2 Å². The number of nitriles is 1. The number of ether oxygens (including phenoxy) is 1. The van der Waals surface area contributed by atoms with Gasteiger partial charge in [0.1, 0.15) is 0 Å². The Kier molecular flexibility index (Phi) is 5.97. The van der Waals surface area contributed by atoms with Crippen molar-refractivity contribution in [2.45, 2.75) is 50.5 Å². The highest BCUT2D eigenvalue weighted by atomic mass is 16.5. The van der Waals surface area contributed by atoms with Gasteiger partial charge in [0, 0.05) is 35.8 Å². The summed E-state index contributed by atoms with van der Waals surface area (Å²) in [5.74, 6) is -0.503. The van der Waals surface area contributed by atoms with Gasteiger partial charge in [0.25, 0.3) is 0 Å². The van der Waals surface area contributed by atoms with Gasteiger partial charge >= 0.3 is 5.97 Å². The molecular formula is C30H33N3O3. The Labute approximate surface area is 212 Å². The van der Waals surface area contributed by atoms with Gasteiger partial charge in [0.2, 0.25) is 0 Å². The first-order valence-corrected chi connectivity index (χ1v) is 13.2. The number of carbonyl (C=O) groups excluding carboxylic acids is 1. The van der Waals surface area contributed by atoms with Crippen molar-refractivity contribution in [1.29, 1.82) is 5.26 Å². The first-order valence-electron chi connectivity index (χ1n) is 13.2. The molecular weight excluding hydrogens is 450 g/mol. The van der Waals surface area contributed by atoms with E-state index in [1.54, 1.807) is 0 Å². The maximum atomic E-state index is 13.0. The van der Waals surface area contributed by atoms with Crippen LogP contribution in [0.1, 0.15) is 48.4 Å². The summed E-state index contributed by atoms with van der Waals surface area (Å²) in [6.07, 6.45) is 6.70. The number of hydrogen-bond donors (Lipinski definition) is 1. The number of nitrogens with zero attached hydrogens (tertiary/aromatic N) is 3. The quantitative estimate of drug-likeness (QED) is 0.405. The second kappa shape index (κ2) is 9.29. The Balaban J connectivity index is 1.57. The van der Waals surface area contributed by atoms with Crippen molar-refractivity contribution in [2.75, 3.05) is 20.2 Å². The van der Waals surface area contributed by atoms with E-state index in [1.807, 2.05) is 4.90 Å². The Morgan fingerprint density at radius 1 is 1.08 bits per heavy atom. The van der Waals surface area contributed by atoms with Crippen molar-refractivity contribution in [3.8, 4) is 11.9 Å². The van der Waals surface area contributed by atoms with E-state index in [0.29, 0.717) is 19.5 Å². The standard InChI is InChI=1S/C30H33N3O3/c1-36-30(35)28-24-16-20-11-10-19-6-2-4-8-25(19)33-26-9-5-3-7-22(26)23(29(20)33)14-15-32(18-31)17-21(24)12-13-27(28)34/h2-9,20-21,24,27-28,34H,10-17H2,1H3/t20?,21-,24-,27-,28+/m0/s1. The minimum absolute atomic E-state index is 0.0410. The summed E-state index contributed by atoms with van der Waals surface area (Å²) < 4.78 is 7.66. The number of carbonyl (C=O) groups is 1. The van der Waals surface area contributed by atoms with Crippen LogP contribution in [0, 0.1) is 29.2 Å². The molecule has 1 fully saturated rings. The van der Waals surface area contributed by atoms with Crippen LogP contribution < -0.4 is 0 Å². The van der Waals surface area contributed by atoms with Crippen LogP contribution in [0.3, 0.4) is 0 Å². The molecule has 1 N–H and O–H groups in total. The van der Waals surface area contributed by atoms with Gasteiger partial charge in [0.05, 0.1) is 24.6 Å². The summed E-state index contributed by atoms with van der Waals surface area (Å²) in [6, 6.07) is 17.3. The van der Waals surface area contributed by atoms with Crippen molar-refractivity contribution in [3.05, 3.63) is 65.4 Å². The number of aromatic nitrogens is 1. The molecule has 6 rings (SSSR count). The van der Waals surface area contributed by atoms with E-state index in [-0.39, 0.29) is 23.7 Å². The lowest BCUT2D eigenvalue weighted by Crippen LogP contribution is -2.47. The van der Waals surface area contributed by atoms with Crippen LogP contribution in [-0.2, 0) is 22.4 Å². The molecule has 1 unspecified atom stereocenters. The fourth-order valence-corrected chi connectivity index (χ4v) is 7.35. The molecule has 6 heteroatoms. The normalized spacial score (nSPS) is 27.7. The van der Waals surface area contributed by atoms with Crippen LogP contribution in [0.4, 0.5) is 0 Å². The zero-order chi connectivity index (χ0) is 24.8. The molecule has 3 heterocycles. The summed E-state index contributed by atoms with van der Waals surface area (Å²) in [5.41, 5.74) is 6.41. The summed E-state index contributed by atoms with van der Waals surface area (Å²) in [4.78, 5) is 14.8. The predicted molar refractivity (Wildman–Crippen MR) is 138 cm³/mol. The number of benzene rings is 2. The molecule has 0 bridgehead atoms. The summed E-state index contributed by atoms with van der Waals surface area (Å²) in [5, 5.41) is 22.2. The summed E-state index contributed by atoms with van der Waals surface area (Å²) >= 11 is 0. The zero-order valence-corrected chi connectivity index (χ0v) is 20.8. The summed E-state index contributed by atoms with van der Waals surface area (Å²) in [7, 11) is 1.42. The third-order valence-corrected chi connectivity index (χ3v) is 8.97. The number of esters is 1. The molecule has 0 amide bonds. The van der Waals surface area contributed by atoms with Crippen molar-refractivity contribution < 1.29 is 14.6 Å². The highest BCUT2D eigenvalue weighted by Crippen LogP contribution is 2.48. The summed E-state index contributed by atoms with van der Waals surface area (Å²) in [6.45, 7) is 1.28. The van der Waals surface area contributed by atoms with Gasteiger partial charge in [-0.3, -0.25) is 4.79 Å². The van der Waals surface area contributed by atoms with Gasteiger partial charge in [0.15, 0.2) is 6.19 Å². The molecule has 186 valence electrons. The van der Waals surface area contributed by atoms with Crippen LogP contribution in [0.2, 0.25) is 0 Å². The molecule has 2 aliphatic heterocycles. The number of aliphatic hydroxyl groups excluding tert-OH is 1. The number of aryl methyl sites for hydroxylation is 1. The van der Waals surface area contributed by atoms with Crippen LogP contribution >= 0.6 is 0 Å². The van der Waals surface area contributed by atoms with Crippen LogP contribution in [0.25, 0.3) is 16.6 Å². The monoisotopic (exact) mass is 483 g/mol. The molecule has 36 heavy (non-hydrogen) atoms. The van der Waals surface area contributed by atoms with Crippen molar-refractivity contribution in [1.82, 2.24) is 9.47 Å². The Morgan fingerprint density at radius 3 is 2.72 bits per heavy atom. The number of methoxy groups -OCH3 is 1. The first-order chi connectivity index (χ1) is 17.6. The molecule has 0 saturated heterocycles. The van der Waals surface area contributed by atoms with Crippen LogP contribution in [-0.4, -0.2) is 46.8 Å². The SMILES string of the molecule is COC(=O)[C@@H]1[C@H]2CC3CCc4ccccc4-n4c3c(c3ccccc34)CCN(C#N)C[C@@H]2CC[C@@H]1O. The van der Waals surface area contributed by atoms with Gasteiger partial charge in [-0.2, -0.15) is 5.26 Å². The Morgan fingerprint density at radius 2 is 1.89 bits per heavy atom. The second-order valence-corrected chi connectivity index (χ2v) is 10.7. The number of aliphatic hydroxyl groups is 1. The van der Waals surface area contributed by atoms with Crippen molar-refractivity contribution >= 4 is 16.9 Å². The topological polar surface area (TPSA) is 78.5 Å². The molecule has 3 aliphatic rings. The average molecular weight is 484 g/mol. The maximum Gasteiger partial charge on any atom is 0.311 e. The third-order valence-electron chi connectivity index (χ3n) is 8.97. The van der Waals surface area contributed by atoms with Crippen molar-refractivity contribution in [3.63, 3.8) is 0 Å². The van der Waals surface area contributed by atoms with Gasteiger partial charge < -0.3 is 19.3 Å². The van der Waals surface area contributed by atoms with Gasteiger partial charge in [-0.15, -0.1) is 0 Å². The van der Waals surface area contributed by atoms with Gasteiger partial charge in [-0.05, 0) is 73.6 Å². The Hall–Kier alpha value is -3.30. The van der Waals surface area contributed by atoms with E-state index >= 15 is 0 Å². The molecule has 3 aromatic rings. The fourth-order valence-electron chi connectivity index (χ4n) is 7.35. The molecule has 6 nitrogen and oxygen atoms in total. The Bertz CT molecular complexity index is 1340. The zero-order valence-electron chi connectivity index (χ0n) is 20.8. The first kappa shape index (κ1) is 23.1. The van der Waals surface area contributed by atoms with E-state index in [2.05, 4.69) is 59.3 Å². The maximum absolute atomic E-state index is 13.0. The van der Waals surface area contributed by atoms with E-state index in [0.717, 1.165) is 32.1 Å². The van der Waals surface area contributed by atoms with Gasteiger partial charge in [-0.25, -0.2) is 0 Å². The van der Waals surface area contributed by atoms with Gasteiger partial charge in [-0.1, -0.05) is 36.4 Å². The van der Waals surface area contributed by atoms with Crippen LogP contribution in [0.5, 0.6) is 0 Å². The number of fused-ring (bicyclic) bond motifs is 6. The second-order valence-electron chi connectivity index (χ2n) is 10.7. The highest BCUT2D eigenvalue weighted by Gasteiger charge is 2.46. The third kappa shape index (κ3) is 3.69. The lowest BCUT2D eigenvalue weighted by Gasteiger charge is -2.43. The fraction of sp³-hybridized carbons (Fsp3) is 0.467. The number of hydrogen-bond acceptors (Lipinski definition) is 5. The lowest BCUT2D eigenvalue weighted by atomic mass is 9.66. The molecule has 0 radical (unpaired) electrons. The van der Waals surface area contributed by atoms with E-state index in [4.69, 9.17) is 4.74 Å². The molecule has 0 spiro atoms. The minimum Gasteiger partial charge on any atom is -0.469 e. The highest BCUT2D eigenvalue weighted by molar-refractivity contribution is 5.88. The molecule has 5 atom stereocenters. The predicted octanol–water partition coefficient (Wildman–Crippen LogP) is 4.57. The molecule has 1 aliphatic carbocycles. The van der Waals surface area contributed by atoms with Crippen molar-refractivity contribution in [2.24, 2.45) is 17.8 Å². The number of para-hydroxylation sites is 2. The lowest BCUT2D eigenvalue weighted by molar-refractivity contribution is -0.157. The minimum atomic E-state index is -0.703. The molecule has 1 saturated carbocycles. The molecule has 2 aromatic carbocycles. The number of rotatable bonds is 1. The smallest absolute Gasteiger partial charge is 0.311 e. The average Bonchev–Trinajstić information content (AvgIpc) is 3.14. The van der Waals surface area contributed by atoms with E-state index < -0.39 is 12.0 Å². The largest absolute Gasteiger partial charge is 0.469 e. The van der Waals surface area contributed by atoms with E-state index in [1.165, 1.54) is 40.5 Å². The van der Waals surface area contributed by atoms with Crippen LogP contribution in [0.15, 0.2) is 48.5 Å².